The van der Waals surface area contributed by atoms with Gasteiger partial charge in [0.25, 0.3) is 5.69 Å². The number of nitrogens with zero attached hydrogens (tertiary/aromatic N) is 1. The number of carbonyl (C=O) groups excluding carboxylic acids is 1. The molecule has 92 valence electrons. The molecule has 0 heterocycles. The average molecular weight is 238 g/mol. The zero-order valence-corrected chi connectivity index (χ0v) is 9.89. The lowest BCUT2D eigenvalue weighted by Crippen LogP contribution is -2.27. The maximum absolute atomic E-state index is 11.4. The van der Waals surface area contributed by atoms with Crippen molar-refractivity contribution in [3.8, 4) is 0 Å². The van der Waals surface area contributed by atoms with Gasteiger partial charge in [0.1, 0.15) is 5.60 Å². The third kappa shape index (κ3) is 4.50. The van der Waals surface area contributed by atoms with Crippen LogP contribution in [0.3, 0.4) is 0 Å². The maximum atomic E-state index is 11.4. The van der Waals surface area contributed by atoms with Crippen LogP contribution in [0.5, 0.6) is 0 Å². The minimum atomic E-state index is -0.591. The minimum Gasteiger partial charge on any atom is -0.444 e. The summed E-state index contributed by atoms with van der Waals surface area (Å²) in [6.07, 6.45) is -0.591. The lowest BCUT2D eigenvalue weighted by atomic mass is 10.2. The molecular weight excluding hydrogens is 224 g/mol. The third-order valence-electron chi connectivity index (χ3n) is 1.72. The van der Waals surface area contributed by atoms with Crippen LogP contribution < -0.4 is 5.32 Å². The first-order valence-corrected chi connectivity index (χ1v) is 5.02. The van der Waals surface area contributed by atoms with E-state index in [0.29, 0.717) is 5.69 Å². The molecule has 1 aromatic rings. The summed E-state index contributed by atoms with van der Waals surface area (Å²) in [6.45, 7) is 5.26. The van der Waals surface area contributed by atoms with Gasteiger partial charge in [-0.15, -0.1) is 0 Å². The number of nitro benzene ring substituents is 1. The van der Waals surface area contributed by atoms with E-state index in [-0.39, 0.29) is 5.69 Å². The Labute approximate surface area is 98.7 Å². The highest BCUT2D eigenvalue weighted by molar-refractivity contribution is 5.84. The van der Waals surface area contributed by atoms with Crippen LogP contribution in [0.1, 0.15) is 20.8 Å². The summed E-state index contributed by atoms with van der Waals surface area (Å²) in [5.41, 5.74) is -0.158. The second-order valence-corrected chi connectivity index (χ2v) is 4.43. The average Bonchev–Trinajstić information content (AvgIpc) is 2.15. The molecule has 1 rings (SSSR count). The fourth-order valence-corrected chi connectivity index (χ4v) is 1.09. The Bertz CT molecular complexity index is 420. The summed E-state index contributed by atoms with van der Waals surface area (Å²) >= 11 is 0. The van der Waals surface area contributed by atoms with Gasteiger partial charge in [0, 0.05) is 17.8 Å². The van der Waals surface area contributed by atoms with Crippen LogP contribution in [0.15, 0.2) is 24.3 Å². The van der Waals surface area contributed by atoms with Gasteiger partial charge in [-0.3, -0.25) is 15.4 Å². The highest BCUT2D eigenvalue weighted by atomic mass is 16.6. The van der Waals surface area contributed by atoms with Crippen LogP contribution in [0.2, 0.25) is 0 Å². The van der Waals surface area contributed by atoms with Crippen molar-refractivity contribution in [2.45, 2.75) is 26.4 Å². The van der Waals surface area contributed by atoms with Gasteiger partial charge in [-0.05, 0) is 32.9 Å². The van der Waals surface area contributed by atoms with Gasteiger partial charge in [0.05, 0.1) is 4.92 Å². The molecule has 6 nitrogen and oxygen atoms in total. The topological polar surface area (TPSA) is 81.5 Å². The number of anilines is 1. The number of ether oxygens (including phenoxy) is 1. The number of rotatable bonds is 2. The summed E-state index contributed by atoms with van der Waals surface area (Å²) < 4.78 is 5.04. The monoisotopic (exact) mass is 238 g/mol. The molecule has 0 bridgehead atoms. The number of non-ortho nitro benzene ring substituents is 1. The standard InChI is InChI=1S/C11H14N2O4/c1-11(2,3)17-10(14)12-8-4-6-9(7-5-8)13(15)16/h4-7H,1-3H3,(H,12,14). The fourth-order valence-electron chi connectivity index (χ4n) is 1.09. The van der Waals surface area contributed by atoms with Gasteiger partial charge < -0.3 is 4.74 Å². The first-order chi connectivity index (χ1) is 7.78. The summed E-state index contributed by atoms with van der Waals surface area (Å²) in [6, 6.07) is 5.52. The molecule has 6 heteroatoms. The number of nitro groups is 1. The molecule has 0 aliphatic heterocycles. The molecule has 1 aromatic carbocycles. The molecular formula is C11H14N2O4. The van der Waals surface area contributed by atoms with Gasteiger partial charge in [0.2, 0.25) is 0 Å². The lowest BCUT2D eigenvalue weighted by Gasteiger charge is -2.19. The van der Waals surface area contributed by atoms with Crippen LogP contribution in [0, 0.1) is 10.1 Å². The van der Waals surface area contributed by atoms with Crippen molar-refractivity contribution in [3.63, 3.8) is 0 Å². The molecule has 0 saturated heterocycles. The van der Waals surface area contributed by atoms with Crippen molar-refractivity contribution < 1.29 is 14.5 Å². The van der Waals surface area contributed by atoms with E-state index >= 15 is 0 Å². The SMILES string of the molecule is CC(C)(C)OC(=O)Nc1ccc([N+](=O)[O-])cc1. The van der Waals surface area contributed by atoms with Crippen molar-refractivity contribution in [1.82, 2.24) is 0 Å². The summed E-state index contributed by atoms with van der Waals surface area (Å²) in [4.78, 5) is 21.3. The summed E-state index contributed by atoms with van der Waals surface area (Å²) in [5.74, 6) is 0. The first-order valence-electron chi connectivity index (χ1n) is 5.02. The third-order valence-corrected chi connectivity index (χ3v) is 1.72. The van der Waals surface area contributed by atoms with Gasteiger partial charge in [-0.1, -0.05) is 0 Å². The minimum absolute atomic E-state index is 0.0280. The number of amides is 1. The zero-order chi connectivity index (χ0) is 13.1. The maximum Gasteiger partial charge on any atom is 0.412 e. The zero-order valence-electron chi connectivity index (χ0n) is 9.89. The molecule has 0 spiro atoms. The molecule has 17 heavy (non-hydrogen) atoms. The lowest BCUT2D eigenvalue weighted by molar-refractivity contribution is -0.384. The van der Waals surface area contributed by atoms with E-state index < -0.39 is 16.6 Å². The predicted molar refractivity (Wildman–Crippen MR) is 63.0 cm³/mol. The largest absolute Gasteiger partial charge is 0.444 e. The van der Waals surface area contributed by atoms with Crippen molar-refractivity contribution >= 4 is 17.5 Å². The van der Waals surface area contributed by atoms with E-state index in [1.165, 1.54) is 24.3 Å². The molecule has 0 aromatic heterocycles. The van der Waals surface area contributed by atoms with Crippen molar-refractivity contribution in [1.29, 1.82) is 0 Å². The first kappa shape index (κ1) is 13.0. The Morgan fingerprint density at radius 1 is 1.29 bits per heavy atom. The predicted octanol–water partition coefficient (Wildman–Crippen LogP) is 2.94. The molecule has 0 fully saturated rings. The number of benzene rings is 1. The van der Waals surface area contributed by atoms with Crippen molar-refractivity contribution in [2.75, 3.05) is 5.32 Å². The Balaban J connectivity index is 2.64. The quantitative estimate of drug-likeness (QED) is 0.634. The molecule has 0 atom stereocenters. The summed E-state index contributed by atoms with van der Waals surface area (Å²) in [5, 5.41) is 12.9. The van der Waals surface area contributed by atoms with Gasteiger partial charge in [-0.2, -0.15) is 0 Å². The smallest absolute Gasteiger partial charge is 0.412 e. The van der Waals surface area contributed by atoms with E-state index in [4.69, 9.17) is 4.74 Å². The van der Waals surface area contributed by atoms with E-state index in [9.17, 15) is 14.9 Å². The Morgan fingerprint density at radius 2 is 1.82 bits per heavy atom. The Hall–Kier alpha value is -2.11. The van der Waals surface area contributed by atoms with Crippen LogP contribution in [0.25, 0.3) is 0 Å². The van der Waals surface area contributed by atoms with E-state index in [2.05, 4.69) is 5.32 Å². The van der Waals surface area contributed by atoms with Crippen LogP contribution >= 0.6 is 0 Å². The molecule has 0 radical (unpaired) electrons. The highest BCUT2D eigenvalue weighted by Crippen LogP contribution is 2.16. The second-order valence-electron chi connectivity index (χ2n) is 4.43. The van der Waals surface area contributed by atoms with Crippen LogP contribution in [-0.4, -0.2) is 16.6 Å². The number of hydrogen-bond donors (Lipinski definition) is 1. The Morgan fingerprint density at radius 3 is 2.24 bits per heavy atom. The molecule has 0 aliphatic carbocycles. The number of hydrogen-bond acceptors (Lipinski definition) is 4. The van der Waals surface area contributed by atoms with Crippen LogP contribution in [0.4, 0.5) is 16.2 Å². The second kappa shape index (κ2) is 4.82. The highest BCUT2D eigenvalue weighted by Gasteiger charge is 2.16. The Kier molecular flexibility index (Phi) is 3.67. The molecule has 1 N–H and O–H groups in total. The van der Waals surface area contributed by atoms with Gasteiger partial charge in [-0.25, -0.2) is 4.79 Å². The molecule has 0 unspecified atom stereocenters. The molecule has 1 amide bonds. The van der Waals surface area contributed by atoms with Crippen LogP contribution in [-0.2, 0) is 4.74 Å². The molecule has 0 aliphatic rings. The molecule has 0 saturated carbocycles. The fraction of sp³-hybridized carbons (Fsp3) is 0.364. The van der Waals surface area contributed by atoms with Crippen molar-refractivity contribution in [2.24, 2.45) is 0 Å². The number of carbonyl (C=O) groups is 1. The van der Waals surface area contributed by atoms with Crippen molar-refractivity contribution in [3.05, 3.63) is 34.4 Å². The number of nitrogens with one attached hydrogen (secondary N) is 1. The van der Waals surface area contributed by atoms with Gasteiger partial charge in [0.15, 0.2) is 0 Å². The summed E-state index contributed by atoms with van der Waals surface area (Å²) in [7, 11) is 0. The van der Waals surface area contributed by atoms with E-state index in [0.717, 1.165) is 0 Å². The normalized spacial score (nSPS) is 10.8. The van der Waals surface area contributed by atoms with Gasteiger partial charge >= 0.3 is 6.09 Å². The van der Waals surface area contributed by atoms with E-state index in [1.54, 1.807) is 20.8 Å². The van der Waals surface area contributed by atoms with E-state index in [1.807, 2.05) is 0 Å².